The van der Waals surface area contributed by atoms with Crippen LogP contribution in [0.4, 0.5) is 0 Å². The molecule has 0 radical (unpaired) electrons. The molecule has 0 amide bonds. The Morgan fingerprint density at radius 1 is 1.20 bits per heavy atom. The van der Waals surface area contributed by atoms with Gasteiger partial charge in [-0.15, -0.1) is 0 Å². The maximum atomic E-state index is 12.0. The summed E-state index contributed by atoms with van der Waals surface area (Å²) in [6.07, 6.45) is 1.97. The molecule has 0 spiro atoms. The molecule has 1 fully saturated rings. The summed E-state index contributed by atoms with van der Waals surface area (Å²) in [6, 6.07) is 0. The molecule has 0 atom stereocenters. The van der Waals surface area contributed by atoms with Crippen LogP contribution in [-0.2, 0) is 10.0 Å². The Morgan fingerprint density at radius 2 is 1.73 bits per heavy atom. The van der Waals surface area contributed by atoms with E-state index in [4.69, 9.17) is 0 Å². The normalized spacial score (nSPS) is 19.7. The Bertz CT molecular complexity index is 267. The van der Waals surface area contributed by atoms with Crippen molar-refractivity contribution in [3.05, 3.63) is 0 Å². The Kier molecular flexibility index (Phi) is 5.02. The van der Waals surface area contributed by atoms with Gasteiger partial charge in [0.25, 0.3) is 0 Å². The van der Waals surface area contributed by atoms with Gasteiger partial charge in [0.2, 0.25) is 10.0 Å². The molecule has 0 bridgehead atoms. The quantitative estimate of drug-likeness (QED) is 0.760. The lowest BCUT2D eigenvalue weighted by Gasteiger charge is -2.25. The summed E-state index contributed by atoms with van der Waals surface area (Å²) in [5.41, 5.74) is 0. The molecule has 0 aromatic heterocycles. The highest BCUT2D eigenvalue weighted by molar-refractivity contribution is 7.89. The van der Waals surface area contributed by atoms with Gasteiger partial charge < -0.3 is 5.32 Å². The molecule has 0 aliphatic carbocycles. The van der Waals surface area contributed by atoms with Crippen LogP contribution in [0.25, 0.3) is 0 Å². The molecule has 0 unspecified atom stereocenters. The van der Waals surface area contributed by atoms with Gasteiger partial charge in [0.1, 0.15) is 0 Å². The lowest BCUT2D eigenvalue weighted by Crippen LogP contribution is -2.38. The molecule has 1 aliphatic rings. The van der Waals surface area contributed by atoms with E-state index in [0.717, 1.165) is 25.9 Å². The molecule has 4 nitrogen and oxygen atoms in total. The first-order chi connectivity index (χ1) is 7.10. The van der Waals surface area contributed by atoms with Crippen LogP contribution in [0, 0.1) is 5.92 Å². The third-order valence-corrected chi connectivity index (χ3v) is 5.20. The van der Waals surface area contributed by atoms with Gasteiger partial charge in [0.05, 0.1) is 5.75 Å². The standard InChI is InChI=1S/C10H22N2O2S/c1-3-12(4-2)15(13,14)9-10-5-7-11-8-6-10/h10-11H,3-9H2,1-2H3. The van der Waals surface area contributed by atoms with Crippen molar-refractivity contribution in [3.63, 3.8) is 0 Å². The second kappa shape index (κ2) is 5.82. The molecular formula is C10H22N2O2S. The first-order valence-corrected chi connectivity index (χ1v) is 7.39. The van der Waals surface area contributed by atoms with Crippen molar-refractivity contribution in [2.75, 3.05) is 31.9 Å². The number of hydrogen-bond donors (Lipinski definition) is 1. The molecular weight excluding hydrogens is 212 g/mol. The van der Waals surface area contributed by atoms with Crippen LogP contribution in [0.3, 0.4) is 0 Å². The van der Waals surface area contributed by atoms with E-state index in [1.807, 2.05) is 13.8 Å². The lowest BCUT2D eigenvalue weighted by atomic mass is 10.0. The minimum absolute atomic E-state index is 0.330. The van der Waals surface area contributed by atoms with Crippen LogP contribution in [0.5, 0.6) is 0 Å². The third kappa shape index (κ3) is 3.74. The number of sulfonamides is 1. The van der Waals surface area contributed by atoms with Crippen molar-refractivity contribution < 1.29 is 8.42 Å². The van der Waals surface area contributed by atoms with E-state index < -0.39 is 10.0 Å². The average molecular weight is 234 g/mol. The van der Waals surface area contributed by atoms with E-state index in [9.17, 15) is 8.42 Å². The summed E-state index contributed by atoms with van der Waals surface area (Å²) < 4.78 is 25.5. The number of rotatable bonds is 5. The SMILES string of the molecule is CCN(CC)S(=O)(=O)CC1CCNCC1. The molecule has 5 heteroatoms. The Hall–Kier alpha value is -0.130. The summed E-state index contributed by atoms with van der Waals surface area (Å²) >= 11 is 0. The Balaban J connectivity index is 2.54. The van der Waals surface area contributed by atoms with Gasteiger partial charge in [-0.25, -0.2) is 12.7 Å². The van der Waals surface area contributed by atoms with Crippen LogP contribution < -0.4 is 5.32 Å². The molecule has 0 aromatic rings. The summed E-state index contributed by atoms with van der Waals surface area (Å²) in [7, 11) is -3.02. The number of hydrogen-bond acceptors (Lipinski definition) is 3. The average Bonchev–Trinajstić information content (AvgIpc) is 2.19. The smallest absolute Gasteiger partial charge is 0.214 e. The lowest BCUT2D eigenvalue weighted by molar-refractivity contribution is 0.384. The van der Waals surface area contributed by atoms with Crippen molar-refractivity contribution in [2.45, 2.75) is 26.7 Å². The molecule has 0 saturated carbocycles. The zero-order valence-electron chi connectivity index (χ0n) is 9.70. The largest absolute Gasteiger partial charge is 0.317 e. The highest BCUT2D eigenvalue weighted by Gasteiger charge is 2.24. The van der Waals surface area contributed by atoms with Gasteiger partial charge >= 0.3 is 0 Å². The number of nitrogens with one attached hydrogen (secondary N) is 1. The minimum Gasteiger partial charge on any atom is -0.317 e. The van der Waals surface area contributed by atoms with Gasteiger partial charge in [-0.05, 0) is 31.8 Å². The molecule has 90 valence electrons. The summed E-state index contributed by atoms with van der Waals surface area (Å²) in [5, 5.41) is 3.25. The van der Waals surface area contributed by atoms with Crippen LogP contribution >= 0.6 is 0 Å². The van der Waals surface area contributed by atoms with E-state index in [1.54, 1.807) is 4.31 Å². The molecule has 1 saturated heterocycles. The van der Waals surface area contributed by atoms with Crippen LogP contribution in [0.1, 0.15) is 26.7 Å². The fourth-order valence-electron chi connectivity index (χ4n) is 2.07. The van der Waals surface area contributed by atoms with E-state index in [1.165, 1.54) is 0 Å². The fourth-order valence-corrected chi connectivity index (χ4v) is 4.00. The number of nitrogens with zero attached hydrogens (tertiary/aromatic N) is 1. The van der Waals surface area contributed by atoms with Gasteiger partial charge in [0.15, 0.2) is 0 Å². The minimum atomic E-state index is -3.02. The number of piperidine rings is 1. The second-order valence-electron chi connectivity index (χ2n) is 4.06. The van der Waals surface area contributed by atoms with Crippen molar-refractivity contribution in [1.82, 2.24) is 9.62 Å². The van der Waals surface area contributed by atoms with Gasteiger partial charge in [-0.3, -0.25) is 0 Å². The predicted octanol–water partition coefficient (Wildman–Crippen LogP) is 0.658. The molecule has 15 heavy (non-hydrogen) atoms. The zero-order valence-corrected chi connectivity index (χ0v) is 10.5. The molecule has 1 aliphatic heterocycles. The third-order valence-electron chi connectivity index (χ3n) is 3.00. The maximum Gasteiger partial charge on any atom is 0.214 e. The summed E-state index contributed by atoms with van der Waals surface area (Å²) in [6.45, 7) is 6.87. The van der Waals surface area contributed by atoms with Gasteiger partial charge in [-0.1, -0.05) is 13.8 Å². The van der Waals surface area contributed by atoms with Crippen molar-refractivity contribution in [1.29, 1.82) is 0 Å². The summed E-state index contributed by atoms with van der Waals surface area (Å²) in [5.74, 6) is 0.674. The second-order valence-corrected chi connectivity index (χ2v) is 6.07. The highest BCUT2D eigenvalue weighted by Crippen LogP contribution is 2.16. The van der Waals surface area contributed by atoms with E-state index in [-0.39, 0.29) is 0 Å². The Labute approximate surface area is 93.1 Å². The monoisotopic (exact) mass is 234 g/mol. The predicted molar refractivity (Wildman–Crippen MR) is 62.3 cm³/mol. The first-order valence-electron chi connectivity index (χ1n) is 5.78. The van der Waals surface area contributed by atoms with E-state index in [0.29, 0.717) is 24.8 Å². The zero-order chi connectivity index (χ0) is 11.3. The fraction of sp³-hybridized carbons (Fsp3) is 1.00. The van der Waals surface area contributed by atoms with Gasteiger partial charge in [0, 0.05) is 13.1 Å². The Morgan fingerprint density at radius 3 is 2.20 bits per heavy atom. The van der Waals surface area contributed by atoms with Crippen LogP contribution in [0.2, 0.25) is 0 Å². The van der Waals surface area contributed by atoms with Crippen LogP contribution in [0.15, 0.2) is 0 Å². The van der Waals surface area contributed by atoms with E-state index >= 15 is 0 Å². The highest BCUT2D eigenvalue weighted by atomic mass is 32.2. The molecule has 1 rings (SSSR count). The van der Waals surface area contributed by atoms with Crippen LogP contribution in [-0.4, -0.2) is 44.7 Å². The molecule has 0 aromatic carbocycles. The van der Waals surface area contributed by atoms with Crippen molar-refractivity contribution in [3.8, 4) is 0 Å². The van der Waals surface area contributed by atoms with Crippen molar-refractivity contribution >= 4 is 10.0 Å². The van der Waals surface area contributed by atoms with Gasteiger partial charge in [-0.2, -0.15) is 0 Å². The molecule has 1 N–H and O–H groups in total. The summed E-state index contributed by atoms with van der Waals surface area (Å²) in [4.78, 5) is 0. The topological polar surface area (TPSA) is 49.4 Å². The first kappa shape index (κ1) is 12.9. The van der Waals surface area contributed by atoms with Crippen molar-refractivity contribution in [2.24, 2.45) is 5.92 Å². The van der Waals surface area contributed by atoms with E-state index in [2.05, 4.69) is 5.32 Å². The molecule has 1 heterocycles. The maximum absolute atomic E-state index is 12.0.